The maximum absolute atomic E-state index is 13.0. The molecule has 0 spiro atoms. The van der Waals surface area contributed by atoms with E-state index in [4.69, 9.17) is 4.74 Å². The molecule has 1 aliphatic rings. The number of benzene rings is 1. The summed E-state index contributed by atoms with van der Waals surface area (Å²) in [4.78, 5) is 10.1. The SMILES string of the molecule is O=[N+]([O-])c1ccc(F)cc1OC1CCC(O)C1O. The van der Waals surface area contributed by atoms with Gasteiger partial charge in [0.1, 0.15) is 18.0 Å². The third kappa shape index (κ3) is 2.41. The van der Waals surface area contributed by atoms with Crippen molar-refractivity contribution in [2.24, 2.45) is 0 Å². The summed E-state index contributed by atoms with van der Waals surface area (Å²) in [6.07, 6.45) is -2.10. The standard InChI is InChI=1S/C11H12FNO5/c12-6-1-2-7(13(16)17)10(5-6)18-9-4-3-8(14)11(9)15/h1-2,5,8-9,11,14-15H,3-4H2. The van der Waals surface area contributed by atoms with Crippen molar-refractivity contribution in [1.29, 1.82) is 0 Å². The predicted octanol–water partition coefficient (Wildman–Crippen LogP) is 0.997. The van der Waals surface area contributed by atoms with Crippen LogP contribution in [0.4, 0.5) is 10.1 Å². The molecule has 98 valence electrons. The van der Waals surface area contributed by atoms with Crippen LogP contribution in [-0.4, -0.2) is 33.4 Å². The summed E-state index contributed by atoms with van der Waals surface area (Å²) in [5.41, 5.74) is -0.370. The monoisotopic (exact) mass is 257 g/mol. The molecule has 2 rings (SSSR count). The second-order valence-electron chi connectivity index (χ2n) is 4.16. The fourth-order valence-corrected chi connectivity index (χ4v) is 1.95. The maximum Gasteiger partial charge on any atom is 0.311 e. The van der Waals surface area contributed by atoms with Gasteiger partial charge in [0.05, 0.1) is 11.0 Å². The molecule has 0 heterocycles. The molecule has 18 heavy (non-hydrogen) atoms. The van der Waals surface area contributed by atoms with Gasteiger partial charge in [0.15, 0.2) is 5.75 Å². The van der Waals surface area contributed by atoms with Crippen molar-refractivity contribution < 1.29 is 24.3 Å². The van der Waals surface area contributed by atoms with Gasteiger partial charge in [0.25, 0.3) is 0 Å². The van der Waals surface area contributed by atoms with Gasteiger partial charge in [0.2, 0.25) is 0 Å². The van der Waals surface area contributed by atoms with Crippen LogP contribution < -0.4 is 4.74 Å². The normalized spacial score (nSPS) is 27.2. The topological polar surface area (TPSA) is 92.8 Å². The first-order chi connectivity index (χ1) is 8.49. The largest absolute Gasteiger partial charge is 0.481 e. The van der Waals surface area contributed by atoms with Crippen LogP contribution in [0, 0.1) is 15.9 Å². The van der Waals surface area contributed by atoms with Gasteiger partial charge in [-0.3, -0.25) is 10.1 Å². The van der Waals surface area contributed by atoms with Crippen LogP contribution in [0.5, 0.6) is 5.75 Å². The van der Waals surface area contributed by atoms with Gasteiger partial charge < -0.3 is 14.9 Å². The van der Waals surface area contributed by atoms with Crippen LogP contribution in [0.3, 0.4) is 0 Å². The summed E-state index contributed by atoms with van der Waals surface area (Å²) < 4.78 is 18.3. The molecule has 0 bridgehead atoms. The van der Waals surface area contributed by atoms with E-state index in [1.807, 2.05) is 0 Å². The molecule has 6 nitrogen and oxygen atoms in total. The van der Waals surface area contributed by atoms with E-state index in [9.17, 15) is 24.7 Å². The number of nitro groups is 1. The number of ether oxygens (including phenoxy) is 1. The van der Waals surface area contributed by atoms with Crippen molar-refractivity contribution >= 4 is 5.69 Å². The zero-order chi connectivity index (χ0) is 13.3. The Balaban J connectivity index is 2.23. The minimum atomic E-state index is -1.12. The first-order valence-electron chi connectivity index (χ1n) is 5.46. The summed E-state index contributed by atoms with van der Waals surface area (Å²) in [5, 5.41) is 29.7. The van der Waals surface area contributed by atoms with E-state index in [0.717, 1.165) is 18.2 Å². The number of rotatable bonds is 3. The fourth-order valence-electron chi connectivity index (χ4n) is 1.95. The molecule has 1 aromatic rings. The first kappa shape index (κ1) is 12.7. The summed E-state index contributed by atoms with van der Waals surface area (Å²) in [6, 6.07) is 2.86. The summed E-state index contributed by atoms with van der Waals surface area (Å²) >= 11 is 0. The molecule has 1 aliphatic carbocycles. The Labute approximate surface area is 102 Å². The van der Waals surface area contributed by atoms with Crippen LogP contribution >= 0.6 is 0 Å². The quantitative estimate of drug-likeness (QED) is 0.622. The molecule has 7 heteroatoms. The van der Waals surface area contributed by atoms with Gasteiger partial charge in [-0.25, -0.2) is 4.39 Å². The number of hydrogen-bond donors (Lipinski definition) is 2. The van der Waals surface area contributed by atoms with E-state index in [1.54, 1.807) is 0 Å². The second-order valence-corrected chi connectivity index (χ2v) is 4.16. The minimum Gasteiger partial charge on any atom is -0.481 e. The molecule has 1 aromatic carbocycles. The number of aliphatic hydroxyl groups is 2. The van der Waals surface area contributed by atoms with Crippen LogP contribution in [-0.2, 0) is 0 Å². The van der Waals surface area contributed by atoms with Crippen LogP contribution in [0.1, 0.15) is 12.8 Å². The number of nitrogens with zero attached hydrogens (tertiary/aromatic N) is 1. The average molecular weight is 257 g/mol. The minimum absolute atomic E-state index is 0.238. The van der Waals surface area contributed by atoms with E-state index in [1.165, 1.54) is 0 Å². The smallest absolute Gasteiger partial charge is 0.311 e. The molecule has 0 amide bonds. The number of hydrogen-bond acceptors (Lipinski definition) is 5. The van der Waals surface area contributed by atoms with E-state index < -0.39 is 29.1 Å². The molecule has 2 N–H and O–H groups in total. The van der Waals surface area contributed by atoms with Crippen molar-refractivity contribution in [2.75, 3.05) is 0 Å². The Bertz CT molecular complexity index is 467. The van der Waals surface area contributed by atoms with Crippen LogP contribution in [0.15, 0.2) is 18.2 Å². The van der Waals surface area contributed by atoms with Crippen molar-refractivity contribution in [1.82, 2.24) is 0 Å². The Kier molecular flexibility index (Phi) is 3.44. The molecule has 3 unspecified atom stereocenters. The molecule has 1 fully saturated rings. The van der Waals surface area contributed by atoms with Gasteiger partial charge in [-0.15, -0.1) is 0 Å². The summed E-state index contributed by atoms with van der Waals surface area (Å²) in [6.45, 7) is 0. The Morgan fingerprint density at radius 1 is 1.39 bits per heavy atom. The Morgan fingerprint density at radius 2 is 2.11 bits per heavy atom. The third-order valence-corrected chi connectivity index (χ3v) is 2.92. The number of nitro benzene ring substituents is 1. The lowest BCUT2D eigenvalue weighted by atomic mass is 10.2. The molecule has 0 saturated heterocycles. The Morgan fingerprint density at radius 3 is 2.67 bits per heavy atom. The summed E-state index contributed by atoms with van der Waals surface area (Å²) in [5.74, 6) is -0.901. The molecule has 1 saturated carbocycles. The van der Waals surface area contributed by atoms with E-state index in [2.05, 4.69) is 0 Å². The molecular weight excluding hydrogens is 245 g/mol. The first-order valence-corrected chi connectivity index (χ1v) is 5.46. The van der Waals surface area contributed by atoms with Gasteiger partial charge in [-0.05, 0) is 18.9 Å². The van der Waals surface area contributed by atoms with Crippen molar-refractivity contribution in [3.8, 4) is 5.75 Å². The predicted molar refractivity (Wildman–Crippen MR) is 58.7 cm³/mol. The van der Waals surface area contributed by atoms with Gasteiger partial charge in [0, 0.05) is 12.1 Å². The molecule has 3 atom stereocenters. The number of halogens is 1. The van der Waals surface area contributed by atoms with Gasteiger partial charge >= 0.3 is 5.69 Å². The molecular formula is C11H12FNO5. The van der Waals surface area contributed by atoms with Gasteiger partial charge in [-0.1, -0.05) is 0 Å². The van der Waals surface area contributed by atoms with E-state index in [0.29, 0.717) is 12.8 Å². The highest BCUT2D eigenvalue weighted by Gasteiger charge is 2.36. The highest BCUT2D eigenvalue weighted by atomic mass is 19.1. The van der Waals surface area contributed by atoms with Crippen molar-refractivity contribution in [2.45, 2.75) is 31.2 Å². The molecule has 0 radical (unpaired) electrons. The zero-order valence-corrected chi connectivity index (χ0v) is 9.32. The highest BCUT2D eigenvalue weighted by Crippen LogP contribution is 2.32. The zero-order valence-electron chi connectivity index (χ0n) is 9.32. The molecule has 0 aliphatic heterocycles. The van der Waals surface area contributed by atoms with Crippen molar-refractivity contribution in [3.05, 3.63) is 34.1 Å². The van der Waals surface area contributed by atoms with E-state index >= 15 is 0 Å². The summed E-state index contributed by atoms with van der Waals surface area (Å²) in [7, 11) is 0. The van der Waals surface area contributed by atoms with Crippen LogP contribution in [0.25, 0.3) is 0 Å². The van der Waals surface area contributed by atoms with Crippen LogP contribution in [0.2, 0.25) is 0 Å². The lowest BCUT2D eigenvalue weighted by Crippen LogP contribution is -2.32. The average Bonchev–Trinajstić information content (AvgIpc) is 2.61. The lowest BCUT2D eigenvalue weighted by molar-refractivity contribution is -0.386. The third-order valence-electron chi connectivity index (χ3n) is 2.92. The maximum atomic E-state index is 13.0. The lowest BCUT2D eigenvalue weighted by Gasteiger charge is -2.18. The fraction of sp³-hybridized carbons (Fsp3) is 0.455. The Hall–Kier alpha value is -1.73. The highest BCUT2D eigenvalue weighted by molar-refractivity contribution is 5.46. The number of aliphatic hydroxyl groups excluding tert-OH is 2. The van der Waals surface area contributed by atoms with Crippen molar-refractivity contribution in [3.63, 3.8) is 0 Å². The second kappa shape index (κ2) is 4.87. The van der Waals surface area contributed by atoms with E-state index in [-0.39, 0.29) is 11.4 Å². The van der Waals surface area contributed by atoms with Gasteiger partial charge in [-0.2, -0.15) is 0 Å². The molecule has 0 aromatic heterocycles.